The molecule has 4 aromatic rings. The maximum absolute atomic E-state index is 12.5. The molecule has 0 spiro atoms. The number of nitrogens with zero attached hydrogens (tertiary/aromatic N) is 1. The van der Waals surface area contributed by atoms with E-state index in [-0.39, 0.29) is 12.6 Å². The third-order valence-corrected chi connectivity index (χ3v) is 5.23. The number of aryl methyl sites for hydroxylation is 2. The fourth-order valence-corrected chi connectivity index (χ4v) is 3.48. The van der Waals surface area contributed by atoms with Gasteiger partial charge < -0.3 is 20.1 Å². The van der Waals surface area contributed by atoms with Crippen LogP contribution in [-0.4, -0.2) is 30.7 Å². The molecule has 0 saturated carbocycles. The number of hydrogen-bond donors (Lipinski definition) is 2. The van der Waals surface area contributed by atoms with Crippen molar-refractivity contribution in [2.45, 2.75) is 13.8 Å². The Hall–Kier alpha value is -4.39. The van der Waals surface area contributed by atoms with Crippen LogP contribution in [0, 0.1) is 13.8 Å². The summed E-state index contributed by atoms with van der Waals surface area (Å²) < 4.78 is 10.5. The van der Waals surface area contributed by atoms with E-state index in [1.54, 1.807) is 24.3 Å². The minimum Gasteiger partial charge on any atom is -0.481 e. The number of rotatable bonds is 6. The van der Waals surface area contributed by atoms with Crippen LogP contribution < -0.4 is 15.4 Å². The van der Waals surface area contributed by atoms with Crippen LogP contribution in [0.3, 0.4) is 0 Å². The van der Waals surface area contributed by atoms with Gasteiger partial charge in [0, 0.05) is 28.4 Å². The summed E-state index contributed by atoms with van der Waals surface area (Å²) in [4.78, 5) is 29.0. The number of aromatic nitrogens is 1. The van der Waals surface area contributed by atoms with Gasteiger partial charge in [0.25, 0.3) is 0 Å². The van der Waals surface area contributed by atoms with E-state index in [2.05, 4.69) is 10.6 Å². The number of esters is 1. The molecule has 7 nitrogen and oxygen atoms in total. The average Bonchev–Trinajstić information content (AvgIpc) is 2.82. The van der Waals surface area contributed by atoms with Gasteiger partial charge in [0.15, 0.2) is 6.61 Å². The number of amides is 2. The second-order valence-corrected chi connectivity index (χ2v) is 7.92. The van der Waals surface area contributed by atoms with Gasteiger partial charge in [-0.3, -0.25) is 0 Å². The Bertz CT molecular complexity index is 1350. The summed E-state index contributed by atoms with van der Waals surface area (Å²) in [6.07, 6.45) is 0. The summed E-state index contributed by atoms with van der Waals surface area (Å²) in [6, 6.07) is 22.3. The summed E-state index contributed by atoms with van der Waals surface area (Å²) in [5.74, 6) is -0.0256. The number of hydrogen-bond acceptors (Lipinski definition) is 5. The molecule has 0 atom stereocenters. The number of carbonyl (C=O) groups is 2. The largest absolute Gasteiger partial charge is 0.481 e. The van der Waals surface area contributed by atoms with Crippen molar-refractivity contribution < 1.29 is 19.1 Å². The van der Waals surface area contributed by atoms with Crippen molar-refractivity contribution in [1.82, 2.24) is 4.98 Å². The van der Waals surface area contributed by atoms with E-state index in [1.165, 1.54) is 7.11 Å². The van der Waals surface area contributed by atoms with Crippen LogP contribution in [-0.2, 0) is 9.53 Å². The lowest BCUT2D eigenvalue weighted by Crippen LogP contribution is -2.19. The Balaban J connectivity index is 1.65. The Morgan fingerprint density at radius 1 is 0.853 bits per heavy atom. The molecule has 0 saturated heterocycles. The Kier molecular flexibility index (Phi) is 6.73. The number of pyridine rings is 1. The van der Waals surface area contributed by atoms with Crippen LogP contribution >= 0.6 is 0 Å². The smallest absolute Gasteiger partial charge is 0.343 e. The Labute approximate surface area is 197 Å². The fraction of sp³-hybridized carbons (Fsp3) is 0.148. The molecule has 2 amide bonds. The zero-order valence-electron chi connectivity index (χ0n) is 19.2. The second kappa shape index (κ2) is 10.0. The van der Waals surface area contributed by atoms with E-state index in [0.29, 0.717) is 33.7 Å². The zero-order valence-corrected chi connectivity index (χ0v) is 19.2. The standard InChI is InChI=1S/C27H25N3O4/c1-17-7-9-19(10-8-17)24-15-25(34-16-26(31)33-3)22-14-21(11-12-23(22)30-24)29-27(32)28-20-6-4-5-18(2)13-20/h4-15H,16H2,1-3H3,(H2,28,29,32). The van der Waals surface area contributed by atoms with E-state index in [9.17, 15) is 9.59 Å². The molecular weight excluding hydrogens is 430 g/mol. The summed E-state index contributed by atoms with van der Waals surface area (Å²) in [5, 5.41) is 6.31. The summed E-state index contributed by atoms with van der Waals surface area (Å²) >= 11 is 0. The molecule has 0 radical (unpaired) electrons. The van der Waals surface area contributed by atoms with E-state index in [1.807, 2.05) is 62.4 Å². The Morgan fingerprint density at radius 3 is 2.29 bits per heavy atom. The highest BCUT2D eigenvalue weighted by Gasteiger charge is 2.13. The van der Waals surface area contributed by atoms with Crippen molar-refractivity contribution in [3.05, 3.63) is 83.9 Å². The fourth-order valence-electron chi connectivity index (χ4n) is 3.48. The molecule has 7 heteroatoms. The summed E-state index contributed by atoms with van der Waals surface area (Å²) in [5.41, 5.74) is 5.76. The molecule has 34 heavy (non-hydrogen) atoms. The van der Waals surface area contributed by atoms with Crippen LogP contribution in [0.2, 0.25) is 0 Å². The lowest BCUT2D eigenvalue weighted by atomic mass is 10.1. The van der Waals surface area contributed by atoms with Gasteiger partial charge in [-0.15, -0.1) is 0 Å². The van der Waals surface area contributed by atoms with Crippen molar-refractivity contribution in [3.63, 3.8) is 0 Å². The maximum atomic E-state index is 12.5. The number of nitrogens with one attached hydrogen (secondary N) is 2. The first-order valence-electron chi connectivity index (χ1n) is 10.8. The molecule has 1 heterocycles. The molecule has 2 N–H and O–H groups in total. The lowest BCUT2D eigenvalue weighted by molar-refractivity contribution is -0.142. The minimum absolute atomic E-state index is 0.242. The van der Waals surface area contributed by atoms with Gasteiger partial charge in [0.05, 0.1) is 18.3 Å². The van der Waals surface area contributed by atoms with E-state index in [4.69, 9.17) is 14.5 Å². The van der Waals surface area contributed by atoms with Crippen molar-refractivity contribution in [2.75, 3.05) is 24.4 Å². The SMILES string of the molecule is COC(=O)COc1cc(-c2ccc(C)cc2)nc2ccc(NC(=O)Nc3cccc(C)c3)cc12. The van der Waals surface area contributed by atoms with Gasteiger partial charge >= 0.3 is 12.0 Å². The number of carbonyl (C=O) groups excluding carboxylic acids is 2. The van der Waals surface area contributed by atoms with Crippen molar-refractivity contribution >= 4 is 34.3 Å². The Morgan fingerprint density at radius 2 is 1.59 bits per heavy atom. The molecule has 0 fully saturated rings. The quantitative estimate of drug-likeness (QED) is 0.363. The highest BCUT2D eigenvalue weighted by atomic mass is 16.6. The average molecular weight is 456 g/mol. The first kappa shape index (κ1) is 22.8. The van der Waals surface area contributed by atoms with Gasteiger partial charge in [-0.2, -0.15) is 0 Å². The first-order valence-corrected chi connectivity index (χ1v) is 10.8. The number of urea groups is 1. The molecule has 4 rings (SSSR count). The molecule has 172 valence electrons. The van der Waals surface area contributed by atoms with Crippen LogP contribution in [0.5, 0.6) is 5.75 Å². The predicted octanol–water partition coefficient (Wildman–Crippen LogP) is 5.71. The minimum atomic E-state index is -0.492. The molecule has 1 aromatic heterocycles. The molecular formula is C27H25N3O4. The number of ether oxygens (including phenoxy) is 2. The van der Waals surface area contributed by atoms with Crippen LogP contribution in [0.1, 0.15) is 11.1 Å². The summed E-state index contributed by atoms with van der Waals surface area (Å²) in [6.45, 7) is 3.74. The predicted molar refractivity (Wildman–Crippen MR) is 133 cm³/mol. The summed E-state index contributed by atoms with van der Waals surface area (Å²) in [7, 11) is 1.31. The van der Waals surface area contributed by atoms with E-state index >= 15 is 0 Å². The van der Waals surface area contributed by atoms with Crippen LogP contribution in [0.15, 0.2) is 72.8 Å². The lowest BCUT2D eigenvalue weighted by Gasteiger charge is -2.13. The van der Waals surface area contributed by atoms with Gasteiger partial charge in [0.1, 0.15) is 5.75 Å². The van der Waals surface area contributed by atoms with Gasteiger partial charge in [-0.25, -0.2) is 14.6 Å². The molecule has 3 aromatic carbocycles. The number of benzene rings is 3. The molecule has 0 aliphatic carbocycles. The third-order valence-electron chi connectivity index (χ3n) is 5.23. The third kappa shape index (κ3) is 5.50. The molecule has 0 bridgehead atoms. The highest BCUT2D eigenvalue weighted by Crippen LogP contribution is 2.32. The van der Waals surface area contributed by atoms with Gasteiger partial charge in [-0.05, 0) is 49.7 Å². The highest BCUT2D eigenvalue weighted by molar-refractivity contribution is 6.01. The number of anilines is 2. The molecule has 0 aliphatic rings. The monoisotopic (exact) mass is 455 g/mol. The normalized spacial score (nSPS) is 10.6. The van der Waals surface area contributed by atoms with Crippen LogP contribution in [0.4, 0.5) is 16.2 Å². The van der Waals surface area contributed by atoms with Gasteiger partial charge in [-0.1, -0.05) is 42.0 Å². The van der Waals surface area contributed by atoms with E-state index in [0.717, 1.165) is 16.7 Å². The van der Waals surface area contributed by atoms with E-state index < -0.39 is 5.97 Å². The van der Waals surface area contributed by atoms with Crippen LogP contribution in [0.25, 0.3) is 22.2 Å². The van der Waals surface area contributed by atoms with Crippen molar-refractivity contribution in [2.24, 2.45) is 0 Å². The molecule has 0 unspecified atom stereocenters. The first-order chi connectivity index (χ1) is 16.4. The topological polar surface area (TPSA) is 89.6 Å². The van der Waals surface area contributed by atoms with Crippen molar-refractivity contribution in [1.29, 1.82) is 0 Å². The zero-order chi connectivity index (χ0) is 24.1. The maximum Gasteiger partial charge on any atom is 0.343 e. The van der Waals surface area contributed by atoms with Gasteiger partial charge in [0.2, 0.25) is 0 Å². The number of methoxy groups -OCH3 is 1. The second-order valence-electron chi connectivity index (χ2n) is 7.92. The molecule has 0 aliphatic heterocycles. The van der Waals surface area contributed by atoms with Crippen molar-refractivity contribution in [3.8, 4) is 17.0 Å². The number of fused-ring (bicyclic) bond motifs is 1.